The van der Waals surface area contributed by atoms with Crippen LogP contribution in [0.1, 0.15) is 6.92 Å². The first-order chi connectivity index (χ1) is 14.6. The predicted octanol–water partition coefficient (Wildman–Crippen LogP) is 5.62. The molecule has 0 amide bonds. The Morgan fingerprint density at radius 3 is 2.33 bits per heavy atom. The predicted molar refractivity (Wildman–Crippen MR) is 125 cm³/mol. The van der Waals surface area contributed by atoms with Crippen molar-refractivity contribution in [2.24, 2.45) is 4.99 Å². The van der Waals surface area contributed by atoms with Crippen molar-refractivity contribution in [3.63, 3.8) is 0 Å². The molecular weight excluding hydrogens is 392 g/mol. The van der Waals surface area contributed by atoms with E-state index in [2.05, 4.69) is 27.4 Å². The molecule has 0 saturated heterocycles. The van der Waals surface area contributed by atoms with Crippen LogP contribution in [0.2, 0.25) is 0 Å². The quantitative estimate of drug-likeness (QED) is 0.339. The summed E-state index contributed by atoms with van der Waals surface area (Å²) < 4.78 is 0. The minimum atomic E-state index is 0.542. The summed E-state index contributed by atoms with van der Waals surface area (Å²) in [5, 5.41) is 3.96. The van der Waals surface area contributed by atoms with E-state index in [4.69, 9.17) is 9.97 Å². The first kappa shape index (κ1) is 19.7. The van der Waals surface area contributed by atoms with Gasteiger partial charge in [0.05, 0.1) is 16.3 Å². The number of para-hydroxylation sites is 1. The number of hydrogen-bond donors (Lipinski definition) is 1. The second kappa shape index (κ2) is 8.84. The fourth-order valence-electron chi connectivity index (χ4n) is 2.76. The van der Waals surface area contributed by atoms with Gasteiger partial charge >= 0.3 is 0 Å². The van der Waals surface area contributed by atoms with E-state index >= 15 is 0 Å². The molecule has 0 saturated carbocycles. The van der Waals surface area contributed by atoms with Gasteiger partial charge < -0.3 is 10.2 Å². The van der Waals surface area contributed by atoms with Gasteiger partial charge in [-0.1, -0.05) is 59.9 Å². The van der Waals surface area contributed by atoms with Crippen LogP contribution in [0.25, 0.3) is 21.8 Å². The highest BCUT2D eigenvalue weighted by molar-refractivity contribution is 7.19. The van der Waals surface area contributed by atoms with Crippen molar-refractivity contribution in [3.05, 3.63) is 72.9 Å². The van der Waals surface area contributed by atoms with Crippen LogP contribution in [0.3, 0.4) is 0 Å². The molecule has 0 fully saturated rings. The van der Waals surface area contributed by atoms with Crippen LogP contribution >= 0.6 is 11.3 Å². The molecule has 0 unspecified atom stereocenters. The first-order valence-corrected chi connectivity index (χ1v) is 10.4. The largest absolute Gasteiger partial charge is 0.366 e. The summed E-state index contributed by atoms with van der Waals surface area (Å²) in [5.74, 6) is 1.43. The fourth-order valence-corrected chi connectivity index (χ4v) is 3.73. The number of benzene rings is 2. The molecule has 2 heterocycles. The summed E-state index contributed by atoms with van der Waals surface area (Å²) >= 11 is 1.52. The molecule has 4 rings (SSSR count). The van der Waals surface area contributed by atoms with E-state index in [0.717, 1.165) is 33.4 Å². The van der Waals surface area contributed by atoms with Gasteiger partial charge in [-0.2, -0.15) is 0 Å². The lowest BCUT2D eigenvalue weighted by Crippen LogP contribution is -2.17. The lowest BCUT2D eigenvalue weighted by molar-refractivity contribution is 0.619. The van der Waals surface area contributed by atoms with Crippen molar-refractivity contribution in [2.45, 2.75) is 6.92 Å². The second-order valence-electron chi connectivity index (χ2n) is 6.85. The van der Waals surface area contributed by atoms with Gasteiger partial charge in [-0.25, -0.2) is 19.9 Å². The Balaban J connectivity index is 1.77. The maximum absolute atomic E-state index is 4.82. The van der Waals surface area contributed by atoms with Crippen molar-refractivity contribution < 1.29 is 0 Å². The molecule has 7 heteroatoms. The third-order valence-electron chi connectivity index (χ3n) is 4.49. The number of aliphatic imine (C=N–C) groups is 1. The standard InChI is InChI=1S/C23H22N6S/c1-16(29(2)3)25-23-28-20(17-10-6-4-7-11-17)21(30-23)19-14-15-24-22(27-19)26-18-12-8-5-9-13-18/h4-15H,1-3H3,(H,24,26,27)/b25-16+. The normalized spacial score (nSPS) is 11.4. The van der Waals surface area contributed by atoms with Crippen LogP contribution in [0.15, 0.2) is 77.9 Å². The molecule has 2 aromatic carbocycles. The molecule has 0 aliphatic carbocycles. The van der Waals surface area contributed by atoms with Crippen LogP contribution < -0.4 is 5.32 Å². The SMILES string of the molecule is C/C(=N\c1nc(-c2ccccc2)c(-c2ccnc(Nc3ccccc3)n2)s1)N(C)C. The van der Waals surface area contributed by atoms with Crippen LogP contribution in [0, 0.1) is 0 Å². The van der Waals surface area contributed by atoms with Crippen molar-refractivity contribution in [3.8, 4) is 21.8 Å². The summed E-state index contributed by atoms with van der Waals surface area (Å²) in [6.45, 7) is 1.97. The topological polar surface area (TPSA) is 66.3 Å². The number of nitrogens with one attached hydrogen (secondary N) is 1. The van der Waals surface area contributed by atoms with E-state index in [-0.39, 0.29) is 0 Å². The molecule has 0 bridgehead atoms. The molecule has 1 N–H and O–H groups in total. The molecule has 150 valence electrons. The number of rotatable bonds is 5. The number of hydrogen-bond acceptors (Lipinski definition) is 6. The van der Waals surface area contributed by atoms with Crippen LogP contribution in [0.5, 0.6) is 0 Å². The Bertz CT molecular complexity index is 1150. The number of aromatic nitrogens is 3. The average Bonchev–Trinajstić information content (AvgIpc) is 3.19. The molecule has 0 spiro atoms. The Kier molecular flexibility index (Phi) is 5.81. The minimum absolute atomic E-state index is 0.542. The van der Waals surface area contributed by atoms with E-state index in [1.54, 1.807) is 6.20 Å². The monoisotopic (exact) mass is 414 g/mol. The third-order valence-corrected chi connectivity index (χ3v) is 5.46. The van der Waals surface area contributed by atoms with Gasteiger partial charge in [-0.3, -0.25) is 0 Å². The van der Waals surface area contributed by atoms with Gasteiger partial charge in [0.2, 0.25) is 11.1 Å². The van der Waals surface area contributed by atoms with Crippen LogP contribution in [-0.4, -0.2) is 39.8 Å². The lowest BCUT2D eigenvalue weighted by Gasteiger charge is -2.09. The van der Waals surface area contributed by atoms with E-state index in [1.807, 2.05) is 80.5 Å². The molecule has 0 atom stereocenters. The highest BCUT2D eigenvalue weighted by atomic mass is 32.1. The van der Waals surface area contributed by atoms with Crippen LogP contribution in [0.4, 0.5) is 16.8 Å². The first-order valence-electron chi connectivity index (χ1n) is 9.54. The molecule has 30 heavy (non-hydrogen) atoms. The maximum atomic E-state index is 4.82. The number of anilines is 2. The number of thiazole rings is 1. The van der Waals surface area contributed by atoms with Crippen molar-refractivity contribution in [1.29, 1.82) is 0 Å². The molecule has 0 radical (unpaired) electrons. The van der Waals surface area contributed by atoms with Gasteiger partial charge in [0, 0.05) is 31.5 Å². The van der Waals surface area contributed by atoms with Crippen molar-refractivity contribution in [1.82, 2.24) is 19.9 Å². The zero-order valence-corrected chi connectivity index (χ0v) is 17.9. The molecule has 0 aliphatic heterocycles. The number of amidine groups is 1. The zero-order valence-electron chi connectivity index (χ0n) is 17.1. The fraction of sp³-hybridized carbons (Fsp3) is 0.130. The Morgan fingerprint density at radius 2 is 1.63 bits per heavy atom. The van der Waals surface area contributed by atoms with E-state index in [9.17, 15) is 0 Å². The van der Waals surface area contributed by atoms with Gasteiger partial charge in [0.1, 0.15) is 5.84 Å². The zero-order chi connectivity index (χ0) is 20.9. The molecule has 0 aliphatic rings. The Morgan fingerprint density at radius 1 is 0.933 bits per heavy atom. The molecule has 4 aromatic rings. The molecule has 2 aromatic heterocycles. The van der Waals surface area contributed by atoms with Gasteiger partial charge in [0.25, 0.3) is 0 Å². The minimum Gasteiger partial charge on any atom is -0.366 e. The summed E-state index contributed by atoms with van der Waals surface area (Å²) in [5.41, 5.74) is 3.65. The van der Waals surface area contributed by atoms with E-state index in [0.29, 0.717) is 11.1 Å². The van der Waals surface area contributed by atoms with E-state index in [1.165, 1.54) is 11.3 Å². The van der Waals surface area contributed by atoms with Gasteiger partial charge in [0.15, 0.2) is 0 Å². The lowest BCUT2D eigenvalue weighted by atomic mass is 10.1. The Hall–Kier alpha value is -3.58. The summed E-state index contributed by atoms with van der Waals surface area (Å²) in [6.07, 6.45) is 1.76. The maximum Gasteiger partial charge on any atom is 0.227 e. The van der Waals surface area contributed by atoms with E-state index < -0.39 is 0 Å². The summed E-state index contributed by atoms with van der Waals surface area (Å²) in [7, 11) is 3.94. The Labute approximate surface area is 180 Å². The van der Waals surface area contributed by atoms with Crippen LogP contribution in [-0.2, 0) is 0 Å². The summed E-state index contributed by atoms with van der Waals surface area (Å²) in [6, 6.07) is 21.9. The number of nitrogens with zero attached hydrogens (tertiary/aromatic N) is 5. The van der Waals surface area contributed by atoms with Crippen molar-refractivity contribution >= 4 is 33.9 Å². The van der Waals surface area contributed by atoms with Gasteiger partial charge in [-0.05, 0) is 25.1 Å². The third kappa shape index (κ3) is 4.52. The van der Waals surface area contributed by atoms with Crippen molar-refractivity contribution in [2.75, 3.05) is 19.4 Å². The highest BCUT2D eigenvalue weighted by Crippen LogP contribution is 2.39. The average molecular weight is 415 g/mol. The second-order valence-corrected chi connectivity index (χ2v) is 7.83. The van der Waals surface area contributed by atoms with Gasteiger partial charge in [-0.15, -0.1) is 0 Å². The summed E-state index contributed by atoms with van der Waals surface area (Å²) in [4.78, 5) is 21.5. The highest BCUT2D eigenvalue weighted by Gasteiger charge is 2.17. The molecule has 6 nitrogen and oxygen atoms in total. The molecular formula is C23H22N6S. The smallest absolute Gasteiger partial charge is 0.227 e.